The van der Waals surface area contributed by atoms with E-state index in [1.807, 2.05) is 0 Å². The summed E-state index contributed by atoms with van der Waals surface area (Å²) in [6.45, 7) is 4.91. The molecule has 0 saturated heterocycles. The summed E-state index contributed by atoms with van der Waals surface area (Å²) >= 11 is 0. The highest BCUT2D eigenvalue weighted by molar-refractivity contribution is 6.17. The predicted octanol–water partition coefficient (Wildman–Crippen LogP) is 5.13. The summed E-state index contributed by atoms with van der Waals surface area (Å²) in [4.78, 5) is 51.8. The number of phenolic OH excluding ortho intramolecular Hbond substituents is 2. The van der Waals surface area contributed by atoms with Gasteiger partial charge in [-0.2, -0.15) is 0 Å². The van der Waals surface area contributed by atoms with Crippen molar-refractivity contribution < 1.29 is 43.6 Å². The molecule has 0 amide bonds. The van der Waals surface area contributed by atoms with Crippen molar-refractivity contribution in [2.45, 2.75) is 65.9 Å². The number of carbonyl (C=O) groups is 4. The molecule has 194 valence electrons. The van der Waals surface area contributed by atoms with Crippen LogP contribution in [0.5, 0.6) is 23.0 Å². The van der Waals surface area contributed by atoms with E-state index in [9.17, 15) is 29.4 Å². The monoisotopic (exact) mass is 500 g/mol. The first kappa shape index (κ1) is 28.4. The first-order valence-electron chi connectivity index (χ1n) is 11.9. The Kier molecular flexibility index (Phi) is 10.5. The van der Waals surface area contributed by atoms with Gasteiger partial charge >= 0.3 is 11.9 Å². The van der Waals surface area contributed by atoms with E-state index in [0.717, 1.165) is 0 Å². The van der Waals surface area contributed by atoms with Gasteiger partial charge in [0.15, 0.2) is 23.1 Å². The lowest BCUT2D eigenvalue weighted by Crippen LogP contribution is -2.21. The summed E-state index contributed by atoms with van der Waals surface area (Å²) in [6, 6.07) is 6.80. The van der Waals surface area contributed by atoms with Gasteiger partial charge in [-0.1, -0.05) is 39.0 Å². The molecule has 0 bridgehead atoms. The van der Waals surface area contributed by atoms with E-state index in [1.165, 1.54) is 7.11 Å². The molecule has 2 rings (SSSR count). The predicted molar refractivity (Wildman–Crippen MR) is 131 cm³/mol. The van der Waals surface area contributed by atoms with Crippen molar-refractivity contribution in [3.8, 4) is 23.0 Å². The molecular formula is C27H32O9. The van der Waals surface area contributed by atoms with Crippen molar-refractivity contribution in [1.29, 1.82) is 0 Å². The van der Waals surface area contributed by atoms with Crippen LogP contribution in [0, 0.1) is 0 Å². The fourth-order valence-corrected chi connectivity index (χ4v) is 3.65. The second kappa shape index (κ2) is 13.3. The average Bonchev–Trinajstić information content (AvgIpc) is 2.85. The number of ketones is 2. The maximum atomic E-state index is 13.4. The Labute approximate surface area is 210 Å². The lowest BCUT2D eigenvalue weighted by atomic mass is 9.90. The van der Waals surface area contributed by atoms with Crippen molar-refractivity contribution >= 4 is 23.5 Å². The Bertz CT molecular complexity index is 1130. The molecule has 9 heteroatoms. The zero-order chi connectivity index (χ0) is 26.8. The highest BCUT2D eigenvalue weighted by Crippen LogP contribution is 2.46. The molecule has 0 spiro atoms. The van der Waals surface area contributed by atoms with Gasteiger partial charge < -0.3 is 24.4 Å². The van der Waals surface area contributed by atoms with Crippen LogP contribution in [0.1, 0.15) is 95.9 Å². The van der Waals surface area contributed by atoms with Crippen molar-refractivity contribution in [1.82, 2.24) is 0 Å². The highest BCUT2D eigenvalue weighted by atomic mass is 16.5. The third kappa shape index (κ3) is 6.41. The SMILES string of the molecule is CCCC(=O)Oc1c(O)c(O)c(C(=O)CCC)c(C(=O)OCc2ccccc2OC)c1C(=O)CCC. The fraction of sp³-hybridized carbons (Fsp3) is 0.407. The molecular weight excluding hydrogens is 468 g/mol. The smallest absolute Gasteiger partial charge is 0.340 e. The van der Waals surface area contributed by atoms with E-state index < -0.39 is 57.4 Å². The molecule has 0 aliphatic carbocycles. The molecule has 2 aromatic rings. The van der Waals surface area contributed by atoms with Gasteiger partial charge in [-0.25, -0.2) is 4.79 Å². The first-order chi connectivity index (χ1) is 17.2. The van der Waals surface area contributed by atoms with Crippen LogP contribution in [-0.2, 0) is 16.1 Å². The third-order valence-corrected chi connectivity index (χ3v) is 5.34. The molecule has 0 saturated carbocycles. The number of carbonyl (C=O) groups excluding carboxylic acids is 4. The maximum Gasteiger partial charge on any atom is 0.340 e. The van der Waals surface area contributed by atoms with E-state index in [4.69, 9.17) is 14.2 Å². The van der Waals surface area contributed by atoms with E-state index in [2.05, 4.69) is 0 Å². The van der Waals surface area contributed by atoms with Crippen molar-refractivity contribution in [3.05, 3.63) is 46.5 Å². The van der Waals surface area contributed by atoms with Gasteiger partial charge in [0.05, 0.1) is 23.8 Å². The minimum Gasteiger partial charge on any atom is -0.504 e. The number of phenols is 2. The van der Waals surface area contributed by atoms with Crippen LogP contribution in [0.25, 0.3) is 0 Å². The van der Waals surface area contributed by atoms with Gasteiger partial charge in [0.25, 0.3) is 0 Å². The zero-order valence-electron chi connectivity index (χ0n) is 21.0. The highest BCUT2D eigenvalue weighted by Gasteiger charge is 2.36. The van der Waals surface area contributed by atoms with Gasteiger partial charge in [-0.3, -0.25) is 14.4 Å². The minimum atomic E-state index is -1.09. The van der Waals surface area contributed by atoms with Crippen LogP contribution in [-0.4, -0.2) is 40.8 Å². The largest absolute Gasteiger partial charge is 0.504 e. The lowest BCUT2D eigenvalue weighted by Gasteiger charge is -2.20. The fourth-order valence-electron chi connectivity index (χ4n) is 3.65. The van der Waals surface area contributed by atoms with E-state index in [-0.39, 0.29) is 25.9 Å². The number of benzene rings is 2. The van der Waals surface area contributed by atoms with Crippen LogP contribution in [0.15, 0.2) is 24.3 Å². The number of methoxy groups -OCH3 is 1. The molecule has 0 radical (unpaired) electrons. The number of rotatable bonds is 13. The van der Waals surface area contributed by atoms with E-state index >= 15 is 0 Å². The summed E-state index contributed by atoms with van der Waals surface area (Å²) in [5.74, 6) is -5.32. The Hall–Kier alpha value is -3.88. The summed E-state index contributed by atoms with van der Waals surface area (Å²) in [6.07, 6.45) is 0.986. The topological polar surface area (TPSA) is 136 Å². The molecule has 36 heavy (non-hydrogen) atoms. The van der Waals surface area contributed by atoms with Crippen molar-refractivity contribution in [2.24, 2.45) is 0 Å². The summed E-state index contributed by atoms with van der Waals surface area (Å²) in [5.41, 5.74) is -1.04. The lowest BCUT2D eigenvalue weighted by molar-refractivity contribution is -0.134. The van der Waals surface area contributed by atoms with E-state index in [0.29, 0.717) is 30.6 Å². The molecule has 0 aliphatic heterocycles. The van der Waals surface area contributed by atoms with Gasteiger partial charge in [-0.05, 0) is 25.3 Å². The molecule has 0 unspecified atom stereocenters. The second-order valence-corrected chi connectivity index (χ2v) is 8.11. The third-order valence-electron chi connectivity index (χ3n) is 5.34. The summed E-state index contributed by atoms with van der Waals surface area (Å²) in [7, 11) is 1.46. The number of aromatic hydroxyl groups is 2. The Balaban J connectivity index is 2.75. The summed E-state index contributed by atoms with van der Waals surface area (Å²) < 4.78 is 15.9. The van der Waals surface area contributed by atoms with E-state index in [1.54, 1.807) is 45.0 Å². The number of Topliss-reactive ketones (excluding diaryl/α,β-unsaturated/α-hetero) is 2. The molecule has 0 heterocycles. The number of para-hydroxylation sites is 1. The Morgan fingerprint density at radius 1 is 0.778 bits per heavy atom. The van der Waals surface area contributed by atoms with Crippen LogP contribution in [0.4, 0.5) is 0 Å². The molecule has 0 fully saturated rings. The van der Waals surface area contributed by atoms with Crippen molar-refractivity contribution in [3.63, 3.8) is 0 Å². The molecule has 2 N–H and O–H groups in total. The quantitative estimate of drug-likeness (QED) is 0.166. The zero-order valence-corrected chi connectivity index (χ0v) is 21.0. The van der Waals surface area contributed by atoms with Gasteiger partial charge in [0.1, 0.15) is 12.4 Å². The van der Waals surface area contributed by atoms with Gasteiger partial charge in [0.2, 0.25) is 5.75 Å². The number of hydrogen-bond donors (Lipinski definition) is 2. The van der Waals surface area contributed by atoms with Crippen LogP contribution in [0.2, 0.25) is 0 Å². The molecule has 0 atom stereocenters. The maximum absolute atomic E-state index is 13.4. The minimum absolute atomic E-state index is 0.0360. The van der Waals surface area contributed by atoms with Crippen LogP contribution in [0.3, 0.4) is 0 Å². The van der Waals surface area contributed by atoms with Crippen LogP contribution < -0.4 is 9.47 Å². The van der Waals surface area contributed by atoms with Gasteiger partial charge in [-0.15, -0.1) is 0 Å². The molecule has 0 aliphatic rings. The number of esters is 2. The second-order valence-electron chi connectivity index (χ2n) is 8.11. The molecule has 9 nitrogen and oxygen atoms in total. The number of hydrogen-bond acceptors (Lipinski definition) is 9. The Morgan fingerprint density at radius 3 is 1.94 bits per heavy atom. The molecule has 2 aromatic carbocycles. The standard InChI is InChI=1S/C27H32O9/c1-5-10-17(28)21-23(27(33)35-15-16-13-8-9-14-19(16)34-4)22(18(29)11-6-2)26(25(32)24(21)31)36-20(30)12-7-3/h8-9,13-14,31-32H,5-7,10-12,15H2,1-4H3. The molecule has 0 aromatic heterocycles. The Morgan fingerprint density at radius 2 is 1.36 bits per heavy atom. The number of ether oxygens (including phenoxy) is 3. The summed E-state index contributed by atoms with van der Waals surface area (Å²) in [5, 5.41) is 21.4. The van der Waals surface area contributed by atoms with Crippen LogP contribution >= 0.6 is 0 Å². The van der Waals surface area contributed by atoms with Crippen molar-refractivity contribution in [2.75, 3.05) is 7.11 Å². The van der Waals surface area contributed by atoms with Gasteiger partial charge in [0, 0.05) is 24.8 Å². The normalized spacial score (nSPS) is 10.6. The first-order valence-corrected chi connectivity index (χ1v) is 11.9. The average molecular weight is 501 g/mol.